The Labute approximate surface area is 132 Å². The van der Waals surface area contributed by atoms with Crippen LogP contribution in [0.5, 0.6) is 0 Å². The minimum Gasteiger partial charge on any atom is -0.313 e. The normalized spacial score (nSPS) is 23.5. The SMILES string of the molecule is CC(C)[C@H]1C[C@@H]1C1=CC(c2c[nH]c(=O)[nH]c2=O)=NN(C)C1=C=O. The van der Waals surface area contributed by atoms with Gasteiger partial charge in [0.1, 0.15) is 5.70 Å². The second-order valence-electron chi connectivity index (χ2n) is 6.29. The highest BCUT2D eigenvalue weighted by Crippen LogP contribution is 2.51. The molecule has 0 saturated heterocycles. The van der Waals surface area contributed by atoms with Crippen LogP contribution in [0.4, 0.5) is 0 Å². The van der Waals surface area contributed by atoms with Crippen molar-refractivity contribution in [3.8, 4) is 0 Å². The van der Waals surface area contributed by atoms with E-state index in [1.165, 1.54) is 11.2 Å². The van der Waals surface area contributed by atoms with Crippen LogP contribution in [0, 0.1) is 17.8 Å². The van der Waals surface area contributed by atoms with Crippen LogP contribution < -0.4 is 11.2 Å². The zero-order chi connectivity index (χ0) is 16.7. The van der Waals surface area contributed by atoms with Crippen molar-refractivity contribution in [1.82, 2.24) is 15.0 Å². The summed E-state index contributed by atoms with van der Waals surface area (Å²) < 4.78 is 0. The quantitative estimate of drug-likeness (QED) is 0.800. The molecule has 2 aliphatic rings. The molecule has 0 spiro atoms. The molecule has 0 amide bonds. The van der Waals surface area contributed by atoms with Crippen molar-refractivity contribution in [1.29, 1.82) is 0 Å². The minimum atomic E-state index is -0.566. The molecule has 0 unspecified atom stereocenters. The van der Waals surface area contributed by atoms with Crippen molar-refractivity contribution in [3.63, 3.8) is 0 Å². The summed E-state index contributed by atoms with van der Waals surface area (Å²) >= 11 is 0. The monoisotopic (exact) mass is 314 g/mol. The maximum Gasteiger partial charge on any atom is 0.325 e. The average molecular weight is 314 g/mol. The van der Waals surface area contributed by atoms with Gasteiger partial charge in [0, 0.05) is 13.2 Å². The lowest BCUT2D eigenvalue weighted by molar-refractivity contribution is 0.437. The molecule has 0 radical (unpaired) electrons. The molecule has 0 aromatic carbocycles. The molecule has 7 heteroatoms. The van der Waals surface area contributed by atoms with Crippen molar-refractivity contribution in [2.75, 3.05) is 7.05 Å². The lowest BCUT2D eigenvalue weighted by atomic mass is 9.97. The first-order chi connectivity index (χ1) is 10.9. The third-order valence-electron chi connectivity index (χ3n) is 4.43. The summed E-state index contributed by atoms with van der Waals surface area (Å²) in [5, 5.41) is 5.70. The maximum atomic E-state index is 12.0. The van der Waals surface area contributed by atoms with E-state index in [1.54, 1.807) is 13.1 Å². The Kier molecular flexibility index (Phi) is 3.66. The van der Waals surface area contributed by atoms with E-state index < -0.39 is 11.2 Å². The highest BCUT2D eigenvalue weighted by Gasteiger charge is 2.44. The number of likely N-dealkylation sites (N-methyl/N-ethyl adjacent to an activating group) is 1. The number of hydrazone groups is 1. The summed E-state index contributed by atoms with van der Waals surface area (Å²) in [6.45, 7) is 4.31. The smallest absolute Gasteiger partial charge is 0.313 e. The molecule has 1 aliphatic heterocycles. The van der Waals surface area contributed by atoms with Gasteiger partial charge in [-0.25, -0.2) is 9.59 Å². The van der Waals surface area contributed by atoms with Gasteiger partial charge in [-0.3, -0.25) is 14.8 Å². The first kappa shape index (κ1) is 15.2. The maximum absolute atomic E-state index is 12.0. The fraction of sp³-hybridized carbons (Fsp3) is 0.438. The number of hydrogen-bond donors (Lipinski definition) is 2. The lowest BCUT2D eigenvalue weighted by Crippen LogP contribution is -2.30. The van der Waals surface area contributed by atoms with Gasteiger partial charge in [-0.1, -0.05) is 13.8 Å². The Morgan fingerprint density at radius 2 is 2.13 bits per heavy atom. The fourth-order valence-corrected chi connectivity index (χ4v) is 3.09. The topological polar surface area (TPSA) is 98.4 Å². The second-order valence-corrected chi connectivity index (χ2v) is 6.29. The standard InChI is InChI=1S/C16H18N4O3/c1-8(2)9-4-10(9)11-5-13(19-20(3)14(11)7-21)12-6-17-16(23)18-15(12)22/h5-6,8-10H,4H2,1-3H3,(H2,17,18,22,23)/t9-,10+/m1/s1. The van der Waals surface area contributed by atoms with Crippen molar-refractivity contribution in [2.24, 2.45) is 22.9 Å². The van der Waals surface area contributed by atoms with Crippen LogP contribution in [0.15, 0.2) is 38.2 Å². The molecule has 2 atom stereocenters. The second kappa shape index (κ2) is 5.52. The highest BCUT2D eigenvalue weighted by atomic mass is 16.2. The fourth-order valence-electron chi connectivity index (χ4n) is 3.09. The van der Waals surface area contributed by atoms with E-state index in [9.17, 15) is 14.4 Å². The molecule has 2 heterocycles. The molecular formula is C16H18N4O3. The number of H-pyrrole nitrogens is 2. The van der Waals surface area contributed by atoms with Gasteiger partial charge in [0.25, 0.3) is 5.56 Å². The Morgan fingerprint density at radius 1 is 1.39 bits per heavy atom. The van der Waals surface area contributed by atoms with Crippen LogP contribution in [0.3, 0.4) is 0 Å². The Hall–Kier alpha value is -2.66. The van der Waals surface area contributed by atoms with Gasteiger partial charge in [-0.2, -0.15) is 5.10 Å². The number of aromatic nitrogens is 2. The summed E-state index contributed by atoms with van der Waals surface area (Å²) in [5.41, 5.74) is 0.878. The Morgan fingerprint density at radius 3 is 2.70 bits per heavy atom. The van der Waals surface area contributed by atoms with E-state index in [1.807, 2.05) is 5.94 Å². The Bertz CT molecular complexity index is 868. The average Bonchev–Trinajstić information content (AvgIpc) is 3.27. The number of carbonyl (C=O) groups excluding carboxylic acids is 1. The number of nitrogens with one attached hydrogen (secondary N) is 2. The van der Waals surface area contributed by atoms with Gasteiger partial charge in [-0.15, -0.1) is 0 Å². The number of nitrogens with zero attached hydrogens (tertiary/aromatic N) is 2. The largest absolute Gasteiger partial charge is 0.325 e. The summed E-state index contributed by atoms with van der Waals surface area (Å²) in [4.78, 5) is 39.1. The van der Waals surface area contributed by atoms with E-state index in [0.717, 1.165) is 12.0 Å². The minimum absolute atomic E-state index is 0.264. The molecule has 23 heavy (non-hydrogen) atoms. The van der Waals surface area contributed by atoms with Crippen molar-refractivity contribution < 1.29 is 4.79 Å². The number of rotatable bonds is 3. The van der Waals surface area contributed by atoms with Crippen LogP contribution >= 0.6 is 0 Å². The van der Waals surface area contributed by atoms with E-state index in [0.29, 0.717) is 23.2 Å². The van der Waals surface area contributed by atoms with Crippen molar-refractivity contribution >= 4 is 11.7 Å². The summed E-state index contributed by atoms with van der Waals surface area (Å²) in [7, 11) is 1.65. The predicted molar refractivity (Wildman–Crippen MR) is 85.7 cm³/mol. The molecular weight excluding hydrogens is 296 g/mol. The van der Waals surface area contributed by atoms with Gasteiger partial charge in [-0.05, 0) is 35.8 Å². The zero-order valence-electron chi connectivity index (χ0n) is 13.2. The number of aromatic amines is 2. The predicted octanol–water partition coefficient (Wildman–Crippen LogP) is 0.647. The van der Waals surface area contributed by atoms with E-state index in [-0.39, 0.29) is 11.5 Å². The van der Waals surface area contributed by atoms with E-state index in [2.05, 4.69) is 28.9 Å². The highest BCUT2D eigenvalue weighted by molar-refractivity contribution is 6.09. The molecule has 1 saturated carbocycles. The summed E-state index contributed by atoms with van der Waals surface area (Å²) in [5.74, 6) is 3.28. The molecule has 1 fully saturated rings. The van der Waals surface area contributed by atoms with Crippen LogP contribution in [0.25, 0.3) is 0 Å². The van der Waals surface area contributed by atoms with E-state index in [4.69, 9.17) is 0 Å². The van der Waals surface area contributed by atoms with Crippen LogP contribution in [-0.4, -0.2) is 33.7 Å². The molecule has 0 bridgehead atoms. The molecule has 1 aromatic rings. The van der Waals surface area contributed by atoms with Crippen molar-refractivity contribution in [3.05, 3.63) is 49.9 Å². The molecule has 2 N–H and O–H groups in total. The van der Waals surface area contributed by atoms with Gasteiger partial charge in [0.05, 0.1) is 11.3 Å². The summed E-state index contributed by atoms with van der Waals surface area (Å²) in [6.07, 6.45) is 4.11. The molecule has 1 aliphatic carbocycles. The number of allylic oxidation sites excluding steroid dienone is 2. The molecule has 7 nitrogen and oxygen atoms in total. The first-order valence-corrected chi connectivity index (χ1v) is 7.54. The zero-order valence-corrected chi connectivity index (χ0v) is 13.2. The third-order valence-corrected chi connectivity index (χ3v) is 4.43. The molecule has 3 rings (SSSR count). The van der Waals surface area contributed by atoms with Crippen LogP contribution in [0.1, 0.15) is 25.8 Å². The van der Waals surface area contributed by atoms with Crippen LogP contribution in [-0.2, 0) is 4.79 Å². The first-order valence-electron chi connectivity index (χ1n) is 7.54. The molecule has 120 valence electrons. The number of hydrogen-bond acceptors (Lipinski definition) is 5. The summed E-state index contributed by atoms with van der Waals surface area (Å²) in [6, 6.07) is 0. The van der Waals surface area contributed by atoms with Gasteiger partial charge < -0.3 is 4.98 Å². The molecule has 1 aromatic heterocycles. The van der Waals surface area contributed by atoms with Crippen molar-refractivity contribution in [2.45, 2.75) is 20.3 Å². The Balaban J connectivity index is 2.05. The van der Waals surface area contributed by atoms with Gasteiger partial charge >= 0.3 is 5.69 Å². The van der Waals surface area contributed by atoms with Crippen LogP contribution in [0.2, 0.25) is 0 Å². The van der Waals surface area contributed by atoms with Gasteiger partial charge in [0.15, 0.2) is 5.94 Å². The third kappa shape index (κ3) is 2.71. The lowest BCUT2D eigenvalue weighted by Gasteiger charge is -2.23. The van der Waals surface area contributed by atoms with E-state index >= 15 is 0 Å². The van der Waals surface area contributed by atoms with Gasteiger partial charge in [0.2, 0.25) is 0 Å².